The molecule has 2 aromatic rings. The largest absolute Gasteiger partial charge is 0.423 e. The van der Waals surface area contributed by atoms with Crippen molar-refractivity contribution in [1.82, 2.24) is 0 Å². The minimum absolute atomic E-state index is 0.0980. The van der Waals surface area contributed by atoms with E-state index in [-0.39, 0.29) is 22.7 Å². The molecule has 0 unspecified atom stereocenters. The monoisotopic (exact) mass is 344 g/mol. The number of nitro benzene ring substituents is 2. The molecule has 0 aromatic heterocycles. The third kappa shape index (κ3) is 3.83. The summed E-state index contributed by atoms with van der Waals surface area (Å²) in [7, 11) is 0. The molecule has 9 heteroatoms. The van der Waals surface area contributed by atoms with Gasteiger partial charge in [-0.05, 0) is 38.1 Å². The second-order valence-corrected chi connectivity index (χ2v) is 5.12. The van der Waals surface area contributed by atoms with Crippen LogP contribution in [0.5, 0.6) is 5.75 Å². The SMILES string of the molecule is CC(=O)c1ccc(OC(=O)c2cc([N+](=O)[O-])c(C)c([N+](=O)[O-])c2)cc1. The number of nitrogens with zero attached hydrogens (tertiary/aromatic N) is 2. The molecule has 2 rings (SSSR count). The van der Waals surface area contributed by atoms with Crippen molar-refractivity contribution in [1.29, 1.82) is 0 Å². The highest BCUT2D eigenvalue weighted by Crippen LogP contribution is 2.30. The molecule has 2 aromatic carbocycles. The van der Waals surface area contributed by atoms with Crippen molar-refractivity contribution in [3.8, 4) is 5.75 Å². The van der Waals surface area contributed by atoms with Crippen LogP contribution in [0.1, 0.15) is 33.2 Å². The molecule has 0 saturated heterocycles. The van der Waals surface area contributed by atoms with Crippen molar-refractivity contribution in [3.05, 3.63) is 73.3 Å². The molecular weight excluding hydrogens is 332 g/mol. The zero-order valence-corrected chi connectivity index (χ0v) is 13.2. The summed E-state index contributed by atoms with van der Waals surface area (Å²) in [4.78, 5) is 43.8. The van der Waals surface area contributed by atoms with Gasteiger partial charge in [-0.3, -0.25) is 25.0 Å². The summed E-state index contributed by atoms with van der Waals surface area (Å²) in [6, 6.07) is 7.51. The summed E-state index contributed by atoms with van der Waals surface area (Å²) >= 11 is 0. The number of esters is 1. The lowest BCUT2D eigenvalue weighted by Gasteiger charge is -2.06. The lowest BCUT2D eigenvalue weighted by molar-refractivity contribution is -0.395. The van der Waals surface area contributed by atoms with Crippen LogP contribution >= 0.6 is 0 Å². The Kier molecular flexibility index (Phi) is 4.87. The lowest BCUT2D eigenvalue weighted by atomic mass is 10.1. The Morgan fingerprint density at radius 3 is 1.80 bits per heavy atom. The van der Waals surface area contributed by atoms with Crippen molar-refractivity contribution in [2.45, 2.75) is 13.8 Å². The van der Waals surface area contributed by atoms with E-state index in [1.165, 1.54) is 38.1 Å². The van der Waals surface area contributed by atoms with Gasteiger partial charge < -0.3 is 4.74 Å². The van der Waals surface area contributed by atoms with Gasteiger partial charge in [-0.2, -0.15) is 0 Å². The topological polar surface area (TPSA) is 130 Å². The highest BCUT2D eigenvalue weighted by atomic mass is 16.6. The first-order chi connectivity index (χ1) is 11.7. The summed E-state index contributed by atoms with van der Waals surface area (Å²) in [6.07, 6.45) is 0. The number of hydrogen-bond donors (Lipinski definition) is 0. The Morgan fingerprint density at radius 2 is 1.40 bits per heavy atom. The van der Waals surface area contributed by atoms with Gasteiger partial charge in [0.25, 0.3) is 11.4 Å². The minimum atomic E-state index is -0.984. The Morgan fingerprint density at radius 1 is 0.920 bits per heavy atom. The first-order valence-corrected chi connectivity index (χ1v) is 6.97. The molecular formula is C16H12N2O7. The van der Waals surface area contributed by atoms with Gasteiger partial charge in [0.15, 0.2) is 5.78 Å². The van der Waals surface area contributed by atoms with Gasteiger partial charge in [0.05, 0.1) is 15.4 Å². The summed E-state index contributed by atoms with van der Waals surface area (Å²) in [5.41, 5.74) is -1.15. The van der Waals surface area contributed by atoms with E-state index < -0.39 is 27.2 Å². The van der Waals surface area contributed by atoms with Crippen molar-refractivity contribution in [3.63, 3.8) is 0 Å². The molecule has 0 amide bonds. The molecule has 25 heavy (non-hydrogen) atoms. The molecule has 0 aliphatic heterocycles. The van der Waals surface area contributed by atoms with Crippen molar-refractivity contribution in [2.24, 2.45) is 0 Å². The van der Waals surface area contributed by atoms with E-state index in [9.17, 15) is 29.8 Å². The van der Waals surface area contributed by atoms with Crippen molar-refractivity contribution < 1.29 is 24.2 Å². The standard InChI is InChI=1S/C16H12N2O7/c1-9-14(17(21)22)7-12(8-15(9)18(23)24)16(20)25-13-5-3-11(4-6-13)10(2)19/h3-8H,1-2H3. The van der Waals surface area contributed by atoms with Crippen LogP contribution < -0.4 is 4.74 Å². The number of Topliss-reactive ketones (excluding diaryl/α,β-unsaturated/α-hetero) is 1. The molecule has 128 valence electrons. The summed E-state index contributed by atoms with van der Waals surface area (Å²) in [6.45, 7) is 2.61. The Hall–Kier alpha value is -3.62. The van der Waals surface area contributed by atoms with E-state index in [1.807, 2.05) is 0 Å². The molecule has 0 fully saturated rings. The first-order valence-electron chi connectivity index (χ1n) is 6.97. The molecule has 9 nitrogen and oxygen atoms in total. The highest BCUT2D eigenvalue weighted by Gasteiger charge is 2.26. The first kappa shape index (κ1) is 17.7. The Bertz CT molecular complexity index is 853. The van der Waals surface area contributed by atoms with E-state index in [4.69, 9.17) is 4.74 Å². The predicted molar refractivity (Wildman–Crippen MR) is 85.9 cm³/mol. The minimum Gasteiger partial charge on any atom is -0.423 e. The van der Waals surface area contributed by atoms with Crippen LogP contribution in [0.4, 0.5) is 11.4 Å². The number of benzene rings is 2. The average Bonchev–Trinajstić information content (AvgIpc) is 2.54. The molecule has 0 radical (unpaired) electrons. The number of nitro groups is 2. The summed E-state index contributed by atoms with van der Waals surface area (Å²) < 4.78 is 5.05. The second-order valence-electron chi connectivity index (χ2n) is 5.12. The number of ketones is 1. The number of carbonyl (C=O) groups is 2. The van der Waals surface area contributed by atoms with Gasteiger partial charge in [-0.15, -0.1) is 0 Å². The van der Waals surface area contributed by atoms with Crippen LogP contribution in [-0.2, 0) is 0 Å². The van der Waals surface area contributed by atoms with E-state index in [1.54, 1.807) is 0 Å². The fourth-order valence-corrected chi connectivity index (χ4v) is 2.10. The predicted octanol–water partition coefficient (Wildman–Crippen LogP) is 3.23. The van der Waals surface area contributed by atoms with Crippen LogP contribution in [-0.4, -0.2) is 21.6 Å². The van der Waals surface area contributed by atoms with E-state index in [0.29, 0.717) is 5.56 Å². The molecule has 0 N–H and O–H groups in total. The van der Waals surface area contributed by atoms with Gasteiger partial charge in [0.1, 0.15) is 11.3 Å². The Labute approximate surface area is 141 Å². The van der Waals surface area contributed by atoms with Crippen LogP contribution in [0, 0.1) is 27.2 Å². The normalized spacial score (nSPS) is 10.2. The van der Waals surface area contributed by atoms with Gasteiger partial charge in [0, 0.05) is 17.7 Å². The zero-order chi connectivity index (χ0) is 18.7. The summed E-state index contributed by atoms with van der Waals surface area (Å²) in [5.74, 6) is -1.05. The van der Waals surface area contributed by atoms with Crippen molar-refractivity contribution >= 4 is 23.1 Å². The van der Waals surface area contributed by atoms with Gasteiger partial charge in [-0.25, -0.2) is 4.79 Å². The third-order valence-electron chi connectivity index (χ3n) is 3.45. The molecule has 0 aliphatic carbocycles. The smallest absolute Gasteiger partial charge is 0.344 e. The average molecular weight is 344 g/mol. The van der Waals surface area contributed by atoms with Crippen LogP contribution in [0.25, 0.3) is 0 Å². The zero-order valence-electron chi connectivity index (χ0n) is 13.2. The fourth-order valence-electron chi connectivity index (χ4n) is 2.10. The third-order valence-corrected chi connectivity index (χ3v) is 3.45. The Balaban J connectivity index is 2.37. The van der Waals surface area contributed by atoms with Crippen molar-refractivity contribution in [2.75, 3.05) is 0 Å². The maximum Gasteiger partial charge on any atom is 0.344 e. The fraction of sp³-hybridized carbons (Fsp3) is 0.125. The van der Waals surface area contributed by atoms with Gasteiger partial charge >= 0.3 is 5.97 Å². The summed E-state index contributed by atoms with van der Waals surface area (Å²) in [5, 5.41) is 22.1. The number of ether oxygens (including phenoxy) is 1. The van der Waals surface area contributed by atoms with Gasteiger partial charge in [0.2, 0.25) is 0 Å². The molecule has 0 spiro atoms. The van der Waals surface area contributed by atoms with Gasteiger partial charge in [-0.1, -0.05) is 0 Å². The molecule has 0 atom stereocenters. The number of hydrogen-bond acceptors (Lipinski definition) is 7. The quantitative estimate of drug-likeness (QED) is 0.267. The number of rotatable bonds is 5. The second kappa shape index (κ2) is 6.87. The van der Waals surface area contributed by atoms with Crippen LogP contribution in [0.15, 0.2) is 36.4 Å². The molecule has 0 saturated carbocycles. The molecule has 0 aliphatic rings. The highest BCUT2D eigenvalue weighted by molar-refractivity contribution is 5.95. The van der Waals surface area contributed by atoms with E-state index >= 15 is 0 Å². The molecule has 0 heterocycles. The maximum atomic E-state index is 12.2. The van der Waals surface area contributed by atoms with E-state index in [2.05, 4.69) is 0 Å². The lowest BCUT2D eigenvalue weighted by Crippen LogP contribution is -2.10. The molecule has 0 bridgehead atoms. The maximum absolute atomic E-state index is 12.2. The number of carbonyl (C=O) groups excluding carboxylic acids is 2. The van der Waals surface area contributed by atoms with E-state index in [0.717, 1.165) is 12.1 Å². The van der Waals surface area contributed by atoms with Crippen LogP contribution in [0.2, 0.25) is 0 Å². The van der Waals surface area contributed by atoms with Crippen LogP contribution in [0.3, 0.4) is 0 Å².